The molecule has 9 heteroatoms. The van der Waals surface area contributed by atoms with Gasteiger partial charge in [0.25, 0.3) is 5.56 Å². The van der Waals surface area contributed by atoms with Crippen LogP contribution in [0.2, 0.25) is 0 Å². The lowest BCUT2D eigenvalue weighted by Gasteiger charge is -2.23. The number of nitrogens with zero attached hydrogens (tertiary/aromatic N) is 2. The van der Waals surface area contributed by atoms with E-state index in [9.17, 15) is 9.59 Å². The zero-order chi connectivity index (χ0) is 15.0. The maximum Gasteiger partial charge on any atom is 0.315 e. The summed E-state index contributed by atoms with van der Waals surface area (Å²) in [5.74, 6) is 0.540. The first-order chi connectivity index (χ1) is 10.0. The van der Waals surface area contributed by atoms with Crippen LogP contribution in [0.5, 0.6) is 0 Å². The van der Waals surface area contributed by atoms with Gasteiger partial charge in [-0.1, -0.05) is 0 Å². The molecule has 0 unspecified atom stereocenters. The molecule has 23 heavy (non-hydrogen) atoms. The average molecular weight is 366 g/mol. The summed E-state index contributed by atoms with van der Waals surface area (Å²) in [4.78, 5) is 32.7. The van der Waals surface area contributed by atoms with Gasteiger partial charge in [-0.05, 0) is 6.92 Å². The minimum Gasteiger partial charge on any atom is -0.468 e. The second-order valence-electron chi connectivity index (χ2n) is 5.85. The van der Waals surface area contributed by atoms with Crippen molar-refractivity contribution in [3.05, 3.63) is 27.9 Å². The van der Waals surface area contributed by atoms with Crippen molar-refractivity contribution in [1.29, 1.82) is 0 Å². The highest BCUT2D eigenvalue weighted by atomic mass is 35.5. The largest absolute Gasteiger partial charge is 0.468 e. The lowest BCUT2D eigenvalue weighted by Crippen LogP contribution is -2.40. The first kappa shape index (κ1) is 19.9. The Morgan fingerprint density at radius 2 is 2.30 bits per heavy atom. The van der Waals surface area contributed by atoms with E-state index in [0.29, 0.717) is 32.1 Å². The van der Waals surface area contributed by atoms with Crippen LogP contribution >= 0.6 is 24.8 Å². The third-order valence-electron chi connectivity index (χ3n) is 4.34. The Labute approximate surface area is 146 Å². The van der Waals surface area contributed by atoms with Crippen molar-refractivity contribution in [2.24, 2.45) is 11.3 Å². The van der Waals surface area contributed by atoms with E-state index in [1.165, 1.54) is 13.2 Å². The van der Waals surface area contributed by atoms with Crippen LogP contribution in [-0.4, -0.2) is 54.3 Å². The number of hydrogen-bond donors (Lipinski definition) is 1. The van der Waals surface area contributed by atoms with E-state index < -0.39 is 5.41 Å². The standard InChI is InChI=1S/C14H19N3O4.2ClH/c1-9-15-11(3-12(18)16-9)5-17-4-10-6-21-8-14(10,7-17)13(19)20-2;;/h3,10H,4-8H2,1-2H3,(H,15,16,18);2*1H/t10-,14-;;/m0../s1. The summed E-state index contributed by atoms with van der Waals surface area (Å²) in [6, 6.07) is 1.50. The van der Waals surface area contributed by atoms with E-state index in [-0.39, 0.29) is 42.3 Å². The molecule has 2 fully saturated rings. The van der Waals surface area contributed by atoms with Gasteiger partial charge in [0, 0.05) is 31.6 Å². The number of esters is 1. The summed E-state index contributed by atoms with van der Waals surface area (Å²) in [5, 5.41) is 0. The molecule has 0 saturated carbocycles. The van der Waals surface area contributed by atoms with E-state index in [1.807, 2.05) is 0 Å². The molecule has 1 aromatic heterocycles. The second-order valence-corrected chi connectivity index (χ2v) is 5.85. The van der Waals surface area contributed by atoms with Crippen LogP contribution in [0, 0.1) is 18.3 Å². The summed E-state index contributed by atoms with van der Waals surface area (Å²) >= 11 is 0. The van der Waals surface area contributed by atoms with Crippen molar-refractivity contribution in [3.63, 3.8) is 0 Å². The molecule has 0 bridgehead atoms. The third-order valence-corrected chi connectivity index (χ3v) is 4.34. The van der Waals surface area contributed by atoms with Gasteiger partial charge in [0.2, 0.25) is 0 Å². The van der Waals surface area contributed by atoms with Crippen molar-refractivity contribution in [1.82, 2.24) is 14.9 Å². The summed E-state index contributed by atoms with van der Waals surface area (Å²) < 4.78 is 10.4. The number of nitrogens with one attached hydrogen (secondary N) is 1. The fourth-order valence-electron chi connectivity index (χ4n) is 3.40. The Bertz CT molecular complexity index is 624. The number of aromatic nitrogens is 2. The molecule has 2 saturated heterocycles. The van der Waals surface area contributed by atoms with Gasteiger partial charge in [0.1, 0.15) is 11.2 Å². The molecule has 2 aliphatic heterocycles. The molecule has 0 aliphatic carbocycles. The normalized spacial score (nSPS) is 26.1. The van der Waals surface area contributed by atoms with Gasteiger partial charge in [-0.2, -0.15) is 0 Å². The molecule has 7 nitrogen and oxygen atoms in total. The van der Waals surface area contributed by atoms with E-state index in [2.05, 4.69) is 14.9 Å². The minimum atomic E-state index is -0.564. The van der Waals surface area contributed by atoms with E-state index in [0.717, 1.165) is 12.2 Å². The smallest absolute Gasteiger partial charge is 0.315 e. The molecule has 2 atom stereocenters. The Morgan fingerprint density at radius 3 is 2.96 bits per heavy atom. The van der Waals surface area contributed by atoms with Crippen molar-refractivity contribution in [2.75, 3.05) is 33.4 Å². The number of aromatic amines is 1. The fourth-order valence-corrected chi connectivity index (χ4v) is 3.40. The predicted octanol–water partition coefficient (Wildman–Crippen LogP) is 0.543. The van der Waals surface area contributed by atoms with Crippen molar-refractivity contribution < 1.29 is 14.3 Å². The monoisotopic (exact) mass is 365 g/mol. The van der Waals surface area contributed by atoms with Crippen molar-refractivity contribution in [3.8, 4) is 0 Å². The van der Waals surface area contributed by atoms with Crippen LogP contribution in [0.4, 0.5) is 0 Å². The number of carbonyl (C=O) groups excluding carboxylic acids is 1. The number of rotatable bonds is 3. The number of halogens is 2. The van der Waals surface area contributed by atoms with Crippen LogP contribution < -0.4 is 5.56 Å². The maximum atomic E-state index is 12.1. The Morgan fingerprint density at radius 1 is 1.57 bits per heavy atom. The van der Waals surface area contributed by atoms with Crippen molar-refractivity contribution >= 4 is 30.8 Å². The van der Waals surface area contributed by atoms with Gasteiger partial charge in [0.05, 0.1) is 26.0 Å². The first-order valence-corrected chi connectivity index (χ1v) is 6.99. The number of H-pyrrole nitrogens is 1. The Hall–Kier alpha value is -1.15. The lowest BCUT2D eigenvalue weighted by atomic mass is 9.81. The minimum absolute atomic E-state index is 0. The second kappa shape index (κ2) is 7.61. The average Bonchev–Trinajstić information content (AvgIpc) is 2.93. The van der Waals surface area contributed by atoms with Gasteiger partial charge >= 0.3 is 5.97 Å². The highest BCUT2D eigenvalue weighted by molar-refractivity contribution is 5.85. The molecule has 1 aromatic rings. The maximum absolute atomic E-state index is 12.1. The van der Waals surface area contributed by atoms with Crippen molar-refractivity contribution in [2.45, 2.75) is 13.5 Å². The summed E-state index contributed by atoms with van der Waals surface area (Å²) in [5.41, 5.74) is 0.00501. The number of likely N-dealkylation sites (tertiary alicyclic amines) is 1. The summed E-state index contributed by atoms with van der Waals surface area (Å²) in [6.07, 6.45) is 0. The highest BCUT2D eigenvalue weighted by Gasteiger charge is 2.56. The van der Waals surface area contributed by atoms with Gasteiger partial charge < -0.3 is 14.5 Å². The molecule has 130 valence electrons. The van der Waals surface area contributed by atoms with Gasteiger partial charge in [-0.25, -0.2) is 4.98 Å². The van der Waals surface area contributed by atoms with Crippen LogP contribution in [0.3, 0.4) is 0 Å². The molecule has 1 N–H and O–H groups in total. The van der Waals surface area contributed by atoms with Gasteiger partial charge in [-0.3, -0.25) is 14.5 Å². The summed E-state index contributed by atoms with van der Waals surface area (Å²) in [6.45, 7) is 4.63. The molecule has 3 rings (SSSR count). The number of methoxy groups -OCH3 is 1. The van der Waals surface area contributed by atoms with E-state index in [1.54, 1.807) is 6.92 Å². The zero-order valence-electron chi connectivity index (χ0n) is 13.0. The van der Waals surface area contributed by atoms with Gasteiger partial charge in [-0.15, -0.1) is 24.8 Å². The fraction of sp³-hybridized carbons (Fsp3) is 0.643. The zero-order valence-corrected chi connectivity index (χ0v) is 14.7. The third kappa shape index (κ3) is 3.68. The lowest BCUT2D eigenvalue weighted by molar-refractivity contribution is -0.153. The molecular formula is C14H21Cl2N3O4. The summed E-state index contributed by atoms with van der Waals surface area (Å²) in [7, 11) is 1.41. The molecule has 0 radical (unpaired) electrons. The molecule has 3 heterocycles. The Balaban J connectivity index is 0.00000132. The molecule has 0 spiro atoms. The Kier molecular flexibility index (Phi) is 6.59. The number of ether oxygens (including phenoxy) is 2. The predicted molar refractivity (Wildman–Crippen MR) is 88.1 cm³/mol. The SMILES string of the molecule is COC(=O)[C@@]12COC[C@@H]1CN(Cc1cc(=O)[nH]c(C)n1)C2.Cl.Cl. The first-order valence-electron chi connectivity index (χ1n) is 6.99. The number of aryl methyl sites for hydroxylation is 1. The molecule has 0 amide bonds. The number of fused-ring (bicyclic) bond motifs is 1. The molecule has 0 aromatic carbocycles. The molecule has 2 aliphatic rings. The molecular weight excluding hydrogens is 345 g/mol. The van der Waals surface area contributed by atoms with Crippen LogP contribution in [-0.2, 0) is 20.8 Å². The van der Waals surface area contributed by atoms with E-state index in [4.69, 9.17) is 9.47 Å². The quantitative estimate of drug-likeness (QED) is 0.787. The van der Waals surface area contributed by atoms with Crippen LogP contribution in [0.1, 0.15) is 11.5 Å². The van der Waals surface area contributed by atoms with E-state index >= 15 is 0 Å². The number of hydrogen-bond acceptors (Lipinski definition) is 6. The van der Waals surface area contributed by atoms with Crippen LogP contribution in [0.15, 0.2) is 10.9 Å². The highest BCUT2D eigenvalue weighted by Crippen LogP contribution is 2.42. The number of carbonyl (C=O) groups is 1. The topological polar surface area (TPSA) is 84.5 Å². The van der Waals surface area contributed by atoms with Crippen LogP contribution in [0.25, 0.3) is 0 Å². The van der Waals surface area contributed by atoms with Gasteiger partial charge in [0.15, 0.2) is 0 Å².